The van der Waals surface area contributed by atoms with Crippen molar-refractivity contribution in [3.05, 3.63) is 23.8 Å². The van der Waals surface area contributed by atoms with Crippen LogP contribution >= 0.6 is 0 Å². The van der Waals surface area contributed by atoms with E-state index in [1.165, 1.54) is 4.90 Å². The van der Waals surface area contributed by atoms with Crippen molar-refractivity contribution in [2.45, 2.75) is 6.92 Å². The topological polar surface area (TPSA) is 69.8 Å². The number of carbonyl (C=O) groups is 1. The maximum absolute atomic E-state index is 10.8. The fourth-order valence-corrected chi connectivity index (χ4v) is 1.98. The van der Waals surface area contributed by atoms with Crippen LogP contribution in [-0.4, -0.2) is 42.3 Å². The second-order valence-corrected chi connectivity index (χ2v) is 4.30. The van der Waals surface area contributed by atoms with Crippen molar-refractivity contribution in [3.63, 3.8) is 0 Å². The third-order valence-electron chi connectivity index (χ3n) is 3.18. The molecule has 1 saturated heterocycles. The summed E-state index contributed by atoms with van der Waals surface area (Å²) < 4.78 is 0. The minimum absolute atomic E-state index is 0.545. The molecule has 1 amide bonds. The predicted molar refractivity (Wildman–Crippen MR) is 67.4 cm³/mol. The molecule has 1 aromatic rings. The van der Waals surface area contributed by atoms with E-state index in [9.17, 15) is 4.79 Å². The van der Waals surface area contributed by atoms with E-state index < -0.39 is 6.09 Å². The summed E-state index contributed by atoms with van der Waals surface area (Å²) in [6.07, 6.45) is -0.840. The molecule has 0 atom stereocenters. The smallest absolute Gasteiger partial charge is 0.407 e. The molecule has 0 aliphatic carbocycles. The van der Waals surface area contributed by atoms with E-state index in [4.69, 9.17) is 10.8 Å². The molecule has 1 heterocycles. The van der Waals surface area contributed by atoms with Crippen LogP contribution in [0, 0.1) is 6.92 Å². The van der Waals surface area contributed by atoms with Gasteiger partial charge in [0.25, 0.3) is 0 Å². The monoisotopic (exact) mass is 235 g/mol. The van der Waals surface area contributed by atoms with E-state index in [1.54, 1.807) is 0 Å². The Morgan fingerprint density at radius 2 is 1.94 bits per heavy atom. The zero-order valence-electron chi connectivity index (χ0n) is 9.89. The molecule has 1 aromatic carbocycles. The SMILES string of the molecule is Cc1ccc(N2CCN(C(=O)O)CC2)cc1N. The number of carboxylic acid groups (broad SMARTS) is 1. The van der Waals surface area contributed by atoms with Gasteiger partial charge in [0.2, 0.25) is 0 Å². The highest BCUT2D eigenvalue weighted by Crippen LogP contribution is 2.22. The third kappa shape index (κ3) is 2.43. The van der Waals surface area contributed by atoms with Crippen molar-refractivity contribution >= 4 is 17.5 Å². The molecule has 2 rings (SSSR count). The van der Waals surface area contributed by atoms with Crippen LogP contribution in [-0.2, 0) is 0 Å². The first-order chi connectivity index (χ1) is 8.08. The summed E-state index contributed by atoms with van der Waals surface area (Å²) in [6, 6.07) is 5.97. The quantitative estimate of drug-likeness (QED) is 0.721. The molecule has 92 valence electrons. The lowest BCUT2D eigenvalue weighted by Gasteiger charge is -2.34. The van der Waals surface area contributed by atoms with Gasteiger partial charge in [-0.25, -0.2) is 4.79 Å². The molecule has 0 unspecified atom stereocenters. The van der Waals surface area contributed by atoms with E-state index in [0.717, 1.165) is 30.0 Å². The molecule has 0 radical (unpaired) electrons. The maximum Gasteiger partial charge on any atom is 0.407 e. The molecule has 5 nitrogen and oxygen atoms in total. The van der Waals surface area contributed by atoms with Crippen LogP contribution in [0.3, 0.4) is 0 Å². The number of amides is 1. The zero-order chi connectivity index (χ0) is 12.4. The molecule has 5 heteroatoms. The zero-order valence-corrected chi connectivity index (χ0v) is 9.89. The lowest BCUT2D eigenvalue weighted by Crippen LogP contribution is -2.48. The first-order valence-corrected chi connectivity index (χ1v) is 5.67. The molecule has 1 aliphatic rings. The Labute approximate surface area is 100 Å². The minimum Gasteiger partial charge on any atom is -0.465 e. The first-order valence-electron chi connectivity index (χ1n) is 5.67. The second kappa shape index (κ2) is 4.53. The van der Waals surface area contributed by atoms with Gasteiger partial charge in [0, 0.05) is 37.6 Å². The third-order valence-corrected chi connectivity index (χ3v) is 3.18. The highest BCUT2D eigenvalue weighted by atomic mass is 16.4. The summed E-state index contributed by atoms with van der Waals surface area (Å²) >= 11 is 0. The van der Waals surface area contributed by atoms with Gasteiger partial charge in [0.1, 0.15) is 0 Å². The van der Waals surface area contributed by atoms with Crippen molar-refractivity contribution in [1.29, 1.82) is 0 Å². The number of benzene rings is 1. The molecule has 0 spiro atoms. The van der Waals surface area contributed by atoms with Crippen molar-refractivity contribution < 1.29 is 9.90 Å². The van der Waals surface area contributed by atoms with Crippen molar-refractivity contribution in [2.75, 3.05) is 36.8 Å². The van der Waals surface area contributed by atoms with Crippen LogP contribution in [0.15, 0.2) is 18.2 Å². The standard InChI is InChI=1S/C12H17N3O2/c1-9-2-3-10(8-11(9)13)14-4-6-15(7-5-14)12(16)17/h2-3,8H,4-7,13H2,1H3,(H,16,17). The Balaban J connectivity index is 2.05. The molecular formula is C12H17N3O2. The van der Waals surface area contributed by atoms with Gasteiger partial charge >= 0.3 is 6.09 Å². The van der Waals surface area contributed by atoms with E-state index >= 15 is 0 Å². The fraction of sp³-hybridized carbons (Fsp3) is 0.417. The highest BCUT2D eigenvalue weighted by molar-refractivity contribution is 5.66. The number of nitrogen functional groups attached to an aromatic ring is 1. The summed E-state index contributed by atoms with van der Waals surface area (Å²) in [5.41, 5.74) is 8.79. The molecule has 3 N–H and O–H groups in total. The van der Waals surface area contributed by atoms with Gasteiger partial charge in [-0.05, 0) is 24.6 Å². The number of nitrogens with zero attached hydrogens (tertiary/aromatic N) is 2. The Hall–Kier alpha value is -1.91. The van der Waals surface area contributed by atoms with Crippen LogP contribution in [0.4, 0.5) is 16.2 Å². The summed E-state index contributed by atoms with van der Waals surface area (Å²) in [5.74, 6) is 0. The van der Waals surface area contributed by atoms with E-state index in [0.29, 0.717) is 13.1 Å². The molecule has 0 saturated carbocycles. The Kier molecular flexibility index (Phi) is 3.08. The number of aryl methyl sites for hydroxylation is 1. The lowest BCUT2D eigenvalue weighted by atomic mass is 10.1. The Morgan fingerprint density at radius 1 is 1.29 bits per heavy atom. The number of anilines is 2. The van der Waals surface area contributed by atoms with Crippen molar-refractivity contribution in [1.82, 2.24) is 4.90 Å². The minimum atomic E-state index is -0.840. The summed E-state index contributed by atoms with van der Waals surface area (Å²) in [7, 11) is 0. The van der Waals surface area contributed by atoms with Crippen molar-refractivity contribution in [3.8, 4) is 0 Å². The highest BCUT2D eigenvalue weighted by Gasteiger charge is 2.20. The summed E-state index contributed by atoms with van der Waals surface area (Å²) in [5, 5.41) is 8.86. The average Bonchev–Trinajstić information content (AvgIpc) is 2.33. The average molecular weight is 235 g/mol. The molecule has 0 aromatic heterocycles. The van der Waals surface area contributed by atoms with Gasteiger partial charge in [-0.2, -0.15) is 0 Å². The van der Waals surface area contributed by atoms with Crippen molar-refractivity contribution in [2.24, 2.45) is 0 Å². The van der Waals surface area contributed by atoms with Gasteiger partial charge in [-0.3, -0.25) is 0 Å². The Bertz CT molecular complexity index is 426. The van der Waals surface area contributed by atoms with Gasteiger partial charge in [-0.15, -0.1) is 0 Å². The van der Waals surface area contributed by atoms with Crippen LogP contribution in [0.5, 0.6) is 0 Å². The van der Waals surface area contributed by atoms with Crippen LogP contribution in [0.25, 0.3) is 0 Å². The van der Waals surface area contributed by atoms with Crippen LogP contribution in [0.2, 0.25) is 0 Å². The van der Waals surface area contributed by atoms with Gasteiger partial charge in [0.15, 0.2) is 0 Å². The predicted octanol–water partition coefficient (Wildman–Crippen LogP) is 1.38. The Morgan fingerprint density at radius 3 is 2.47 bits per heavy atom. The number of hydrogen-bond acceptors (Lipinski definition) is 3. The van der Waals surface area contributed by atoms with E-state index in [1.807, 2.05) is 25.1 Å². The number of rotatable bonds is 1. The van der Waals surface area contributed by atoms with Crippen LogP contribution < -0.4 is 10.6 Å². The van der Waals surface area contributed by atoms with Gasteiger partial charge in [0.05, 0.1) is 0 Å². The van der Waals surface area contributed by atoms with Gasteiger partial charge in [-0.1, -0.05) is 6.07 Å². The van der Waals surface area contributed by atoms with Gasteiger partial charge < -0.3 is 20.6 Å². The molecule has 1 fully saturated rings. The number of nitrogens with two attached hydrogens (primary N) is 1. The largest absolute Gasteiger partial charge is 0.465 e. The fourth-order valence-electron chi connectivity index (χ4n) is 1.98. The molecular weight excluding hydrogens is 218 g/mol. The second-order valence-electron chi connectivity index (χ2n) is 4.30. The van der Waals surface area contributed by atoms with E-state index in [2.05, 4.69) is 4.90 Å². The first kappa shape index (κ1) is 11.6. The van der Waals surface area contributed by atoms with E-state index in [-0.39, 0.29) is 0 Å². The molecule has 0 bridgehead atoms. The number of hydrogen-bond donors (Lipinski definition) is 2. The number of piperazine rings is 1. The molecule has 1 aliphatic heterocycles. The summed E-state index contributed by atoms with van der Waals surface area (Å²) in [4.78, 5) is 14.4. The lowest BCUT2D eigenvalue weighted by molar-refractivity contribution is 0.142. The maximum atomic E-state index is 10.8. The molecule has 17 heavy (non-hydrogen) atoms. The summed E-state index contributed by atoms with van der Waals surface area (Å²) in [6.45, 7) is 4.50. The normalized spacial score (nSPS) is 16.1. The van der Waals surface area contributed by atoms with Crippen LogP contribution in [0.1, 0.15) is 5.56 Å².